The van der Waals surface area contributed by atoms with E-state index < -0.39 is 21.7 Å². The SMILES string of the molecule is O=C(COc1ccccc1)N(Cc1ccccc1F)[C@H]1CCS(=O)(=O)C1. The molecule has 0 unspecified atom stereocenters. The molecule has 2 aromatic rings. The fraction of sp³-hybridized carbons (Fsp3) is 0.316. The second-order valence-electron chi connectivity index (χ2n) is 6.27. The molecule has 1 aliphatic heterocycles. The highest BCUT2D eigenvalue weighted by Gasteiger charge is 2.35. The third-order valence-corrected chi connectivity index (χ3v) is 6.12. The van der Waals surface area contributed by atoms with E-state index in [-0.39, 0.29) is 30.6 Å². The van der Waals surface area contributed by atoms with E-state index in [0.29, 0.717) is 17.7 Å². The van der Waals surface area contributed by atoms with Crippen molar-refractivity contribution in [2.45, 2.75) is 19.0 Å². The first-order valence-corrected chi connectivity index (χ1v) is 10.2. The number of sulfone groups is 1. The summed E-state index contributed by atoms with van der Waals surface area (Å²) in [5.41, 5.74) is 0.352. The summed E-state index contributed by atoms with van der Waals surface area (Å²) in [4.78, 5) is 14.1. The number of carbonyl (C=O) groups excluding carboxylic acids is 1. The van der Waals surface area contributed by atoms with Crippen molar-refractivity contribution in [2.24, 2.45) is 0 Å². The lowest BCUT2D eigenvalue weighted by Crippen LogP contribution is -2.43. The summed E-state index contributed by atoms with van der Waals surface area (Å²) >= 11 is 0. The van der Waals surface area contributed by atoms with Crippen LogP contribution in [0.15, 0.2) is 54.6 Å². The summed E-state index contributed by atoms with van der Waals surface area (Å²) in [5, 5.41) is 0. The molecule has 1 atom stereocenters. The molecule has 138 valence electrons. The van der Waals surface area contributed by atoms with Gasteiger partial charge in [-0.15, -0.1) is 0 Å². The molecular weight excluding hydrogens is 357 g/mol. The summed E-state index contributed by atoms with van der Waals surface area (Å²) in [5.74, 6) is -0.295. The van der Waals surface area contributed by atoms with Gasteiger partial charge in [0.1, 0.15) is 11.6 Å². The van der Waals surface area contributed by atoms with Gasteiger partial charge in [0.15, 0.2) is 16.4 Å². The number of hydrogen-bond acceptors (Lipinski definition) is 4. The highest BCUT2D eigenvalue weighted by Crippen LogP contribution is 2.21. The molecule has 0 N–H and O–H groups in total. The second-order valence-corrected chi connectivity index (χ2v) is 8.50. The number of ether oxygens (including phenoxy) is 1. The quantitative estimate of drug-likeness (QED) is 0.776. The van der Waals surface area contributed by atoms with Crippen LogP contribution in [0.25, 0.3) is 0 Å². The minimum atomic E-state index is -3.17. The Morgan fingerprint density at radius 1 is 1.12 bits per heavy atom. The number of para-hydroxylation sites is 1. The maximum atomic E-state index is 14.0. The van der Waals surface area contributed by atoms with Gasteiger partial charge in [0, 0.05) is 18.2 Å². The first-order chi connectivity index (χ1) is 12.4. The van der Waals surface area contributed by atoms with Gasteiger partial charge < -0.3 is 9.64 Å². The minimum absolute atomic E-state index is 0.0177. The molecular formula is C19H20FNO4S. The van der Waals surface area contributed by atoms with Crippen molar-refractivity contribution in [1.82, 2.24) is 4.90 Å². The van der Waals surface area contributed by atoms with Crippen LogP contribution in [-0.2, 0) is 21.2 Å². The molecule has 1 amide bonds. The van der Waals surface area contributed by atoms with Crippen molar-refractivity contribution in [3.8, 4) is 5.75 Å². The van der Waals surface area contributed by atoms with Crippen LogP contribution in [0, 0.1) is 5.82 Å². The smallest absolute Gasteiger partial charge is 0.261 e. The maximum absolute atomic E-state index is 14.0. The number of carbonyl (C=O) groups is 1. The first kappa shape index (κ1) is 18.4. The zero-order chi connectivity index (χ0) is 18.6. The molecule has 0 spiro atoms. The van der Waals surface area contributed by atoms with Gasteiger partial charge >= 0.3 is 0 Å². The standard InChI is InChI=1S/C19H20FNO4S/c20-18-9-5-4-6-15(18)12-21(16-10-11-26(23,24)14-16)19(22)13-25-17-7-2-1-3-8-17/h1-9,16H,10-14H2/t16-/m0/s1. The fourth-order valence-electron chi connectivity index (χ4n) is 3.00. The lowest BCUT2D eigenvalue weighted by molar-refractivity contribution is -0.136. The van der Waals surface area contributed by atoms with Gasteiger partial charge in [-0.1, -0.05) is 36.4 Å². The predicted molar refractivity (Wildman–Crippen MR) is 95.9 cm³/mol. The van der Waals surface area contributed by atoms with Crippen LogP contribution in [-0.4, -0.2) is 43.4 Å². The molecule has 5 nitrogen and oxygen atoms in total. The van der Waals surface area contributed by atoms with E-state index in [2.05, 4.69) is 0 Å². The van der Waals surface area contributed by atoms with E-state index in [4.69, 9.17) is 4.74 Å². The van der Waals surface area contributed by atoms with Crippen molar-refractivity contribution >= 4 is 15.7 Å². The lowest BCUT2D eigenvalue weighted by Gasteiger charge is -2.28. The molecule has 1 fully saturated rings. The van der Waals surface area contributed by atoms with Gasteiger partial charge in [-0.2, -0.15) is 0 Å². The van der Waals surface area contributed by atoms with Gasteiger partial charge in [0.05, 0.1) is 11.5 Å². The van der Waals surface area contributed by atoms with Gasteiger partial charge in [0.25, 0.3) is 5.91 Å². The third-order valence-electron chi connectivity index (χ3n) is 4.37. The Bertz CT molecular complexity index is 870. The number of amides is 1. The van der Waals surface area contributed by atoms with Gasteiger partial charge in [-0.3, -0.25) is 4.79 Å². The van der Waals surface area contributed by atoms with E-state index in [1.807, 2.05) is 6.07 Å². The molecule has 2 aromatic carbocycles. The Kier molecular flexibility index (Phi) is 5.56. The summed E-state index contributed by atoms with van der Waals surface area (Å²) in [6.07, 6.45) is 0.355. The Morgan fingerprint density at radius 3 is 2.46 bits per heavy atom. The van der Waals surface area contributed by atoms with E-state index in [9.17, 15) is 17.6 Å². The molecule has 3 rings (SSSR count). The number of nitrogens with zero attached hydrogens (tertiary/aromatic N) is 1. The van der Waals surface area contributed by atoms with Crippen LogP contribution in [0.1, 0.15) is 12.0 Å². The summed E-state index contributed by atoms with van der Waals surface area (Å²) in [6, 6.07) is 14.6. The van der Waals surface area contributed by atoms with E-state index in [1.165, 1.54) is 11.0 Å². The van der Waals surface area contributed by atoms with Crippen molar-refractivity contribution < 1.29 is 22.3 Å². The lowest BCUT2D eigenvalue weighted by atomic mass is 10.1. The number of halogens is 1. The molecule has 1 saturated heterocycles. The molecule has 0 aliphatic carbocycles. The van der Waals surface area contributed by atoms with Crippen LogP contribution >= 0.6 is 0 Å². The number of benzene rings is 2. The minimum Gasteiger partial charge on any atom is -0.484 e. The third kappa shape index (κ3) is 4.60. The molecule has 26 heavy (non-hydrogen) atoms. The van der Waals surface area contributed by atoms with E-state index >= 15 is 0 Å². The zero-order valence-corrected chi connectivity index (χ0v) is 15.0. The van der Waals surface area contributed by atoms with E-state index in [0.717, 1.165) is 0 Å². The summed E-state index contributed by atoms with van der Waals surface area (Å²) in [6.45, 7) is -0.209. The molecule has 0 radical (unpaired) electrons. The average Bonchev–Trinajstić information content (AvgIpc) is 2.99. The topological polar surface area (TPSA) is 63.7 Å². The van der Waals surface area contributed by atoms with Crippen LogP contribution in [0.3, 0.4) is 0 Å². The highest BCUT2D eigenvalue weighted by atomic mass is 32.2. The molecule has 0 bridgehead atoms. The van der Waals surface area contributed by atoms with Crippen LogP contribution in [0.5, 0.6) is 5.75 Å². The molecule has 1 aliphatic rings. The van der Waals surface area contributed by atoms with Crippen LogP contribution in [0.2, 0.25) is 0 Å². The van der Waals surface area contributed by atoms with Crippen molar-refractivity contribution in [1.29, 1.82) is 0 Å². The van der Waals surface area contributed by atoms with Crippen LogP contribution < -0.4 is 4.74 Å². The number of rotatable bonds is 6. The van der Waals surface area contributed by atoms with Crippen molar-refractivity contribution in [2.75, 3.05) is 18.1 Å². The van der Waals surface area contributed by atoms with Crippen LogP contribution in [0.4, 0.5) is 4.39 Å². The molecule has 7 heteroatoms. The highest BCUT2D eigenvalue weighted by molar-refractivity contribution is 7.91. The summed E-state index contributed by atoms with van der Waals surface area (Å²) in [7, 11) is -3.17. The Morgan fingerprint density at radius 2 is 1.81 bits per heavy atom. The predicted octanol–water partition coefficient (Wildman–Crippen LogP) is 2.42. The second kappa shape index (κ2) is 7.86. The van der Waals surface area contributed by atoms with Crippen molar-refractivity contribution in [3.05, 3.63) is 66.0 Å². The Hall–Kier alpha value is -2.41. The largest absolute Gasteiger partial charge is 0.484 e. The normalized spacial score (nSPS) is 18.4. The number of hydrogen-bond donors (Lipinski definition) is 0. The van der Waals surface area contributed by atoms with Gasteiger partial charge in [-0.25, -0.2) is 12.8 Å². The van der Waals surface area contributed by atoms with E-state index in [1.54, 1.807) is 42.5 Å². The molecule has 0 aromatic heterocycles. The fourth-order valence-corrected chi connectivity index (χ4v) is 4.73. The van der Waals surface area contributed by atoms with Gasteiger partial charge in [-0.05, 0) is 24.6 Å². The average molecular weight is 377 g/mol. The monoisotopic (exact) mass is 377 g/mol. The molecule has 0 saturated carbocycles. The Labute approximate surface area is 152 Å². The maximum Gasteiger partial charge on any atom is 0.261 e. The van der Waals surface area contributed by atoms with Crippen molar-refractivity contribution in [3.63, 3.8) is 0 Å². The zero-order valence-electron chi connectivity index (χ0n) is 14.2. The Balaban J connectivity index is 1.76. The molecule has 1 heterocycles. The van der Waals surface area contributed by atoms with Gasteiger partial charge in [0.2, 0.25) is 0 Å². The first-order valence-electron chi connectivity index (χ1n) is 8.36. The summed E-state index contributed by atoms with van der Waals surface area (Å²) < 4.78 is 43.2.